The first-order chi connectivity index (χ1) is 15.0. The fourth-order valence-corrected chi connectivity index (χ4v) is 6.33. The van der Waals surface area contributed by atoms with E-state index in [-0.39, 0.29) is 17.1 Å². The first-order valence-corrected chi connectivity index (χ1v) is 12.3. The van der Waals surface area contributed by atoms with Crippen LogP contribution in [0, 0.1) is 6.92 Å². The van der Waals surface area contributed by atoms with Gasteiger partial charge in [0.15, 0.2) is 10.9 Å². The van der Waals surface area contributed by atoms with E-state index in [1.807, 2.05) is 31.2 Å². The van der Waals surface area contributed by atoms with E-state index in [0.29, 0.717) is 15.7 Å². The summed E-state index contributed by atoms with van der Waals surface area (Å²) in [4.78, 5) is 33.3. The molecule has 1 aliphatic carbocycles. The predicted octanol–water partition coefficient (Wildman–Crippen LogP) is 5.87. The molecule has 2 aromatic carbocycles. The number of halogens is 1. The third kappa shape index (κ3) is 3.73. The number of aromatic nitrogens is 2. The van der Waals surface area contributed by atoms with E-state index in [0.717, 1.165) is 46.3 Å². The molecule has 0 aliphatic heterocycles. The number of carbonyl (C=O) groups is 1. The summed E-state index contributed by atoms with van der Waals surface area (Å²) in [6, 6.07) is 14.7. The molecule has 0 bridgehead atoms. The summed E-state index contributed by atoms with van der Waals surface area (Å²) in [5.41, 5.74) is 3.51. The standard InChI is InChI=1S/C24H19ClN2O2S2/c1-14-5-2-3-7-18(14)27-23(29)21-17-6-4-8-20(17)31-22(21)26-24(27)30-13-19(28)15-9-11-16(25)12-10-15/h2-3,5,7,9-12H,4,6,8,13H2,1H3. The van der Waals surface area contributed by atoms with E-state index >= 15 is 0 Å². The van der Waals surface area contributed by atoms with Gasteiger partial charge in [0.05, 0.1) is 16.8 Å². The van der Waals surface area contributed by atoms with E-state index in [1.54, 1.807) is 40.2 Å². The SMILES string of the molecule is Cc1ccccc1-n1c(SCC(=O)c2ccc(Cl)cc2)nc2sc3c(c2c1=O)CCC3. The highest BCUT2D eigenvalue weighted by Gasteiger charge is 2.24. The van der Waals surface area contributed by atoms with Gasteiger partial charge in [-0.05, 0) is 67.6 Å². The summed E-state index contributed by atoms with van der Waals surface area (Å²) in [5.74, 6) is 0.164. The van der Waals surface area contributed by atoms with Gasteiger partial charge in [-0.1, -0.05) is 41.6 Å². The second-order valence-electron chi connectivity index (χ2n) is 7.58. The lowest BCUT2D eigenvalue weighted by Crippen LogP contribution is -2.23. The Kier molecular flexibility index (Phi) is 5.46. The Bertz CT molecular complexity index is 1370. The van der Waals surface area contributed by atoms with Gasteiger partial charge >= 0.3 is 0 Å². The van der Waals surface area contributed by atoms with Crippen molar-refractivity contribution in [3.8, 4) is 5.69 Å². The molecule has 4 nitrogen and oxygen atoms in total. The number of nitrogens with zero attached hydrogens (tertiary/aromatic N) is 2. The molecule has 0 spiro atoms. The number of hydrogen-bond donors (Lipinski definition) is 0. The van der Waals surface area contributed by atoms with Crippen molar-refractivity contribution in [2.24, 2.45) is 0 Å². The topological polar surface area (TPSA) is 52.0 Å². The zero-order valence-corrected chi connectivity index (χ0v) is 19.2. The zero-order valence-electron chi connectivity index (χ0n) is 16.9. The van der Waals surface area contributed by atoms with Crippen molar-refractivity contribution in [2.75, 3.05) is 5.75 Å². The van der Waals surface area contributed by atoms with Gasteiger partial charge in [-0.25, -0.2) is 4.98 Å². The highest BCUT2D eigenvalue weighted by molar-refractivity contribution is 7.99. The van der Waals surface area contributed by atoms with Gasteiger partial charge in [0.2, 0.25) is 0 Å². The Hall–Kier alpha value is -2.41. The third-order valence-electron chi connectivity index (χ3n) is 5.56. The van der Waals surface area contributed by atoms with Gasteiger partial charge in [0, 0.05) is 15.5 Å². The Labute approximate surface area is 192 Å². The maximum Gasteiger partial charge on any atom is 0.267 e. The Morgan fingerprint density at radius 3 is 2.71 bits per heavy atom. The van der Waals surface area contributed by atoms with Crippen LogP contribution in [0.2, 0.25) is 5.02 Å². The van der Waals surface area contributed by atoms with Crippen LogP contribution >= 0.6 is 34.7 Å². The Morgan fingerprint density at radius 1 is 1.16 bits per heavy atom. The monoisotopic (exact) mass is 466 g/mol. The number of benzene rings is 2. The van der Waals surface area contributed by atoms with Crippen LogP contribution in [0.1, 0.15) is 32.8 Å². The van der Waals surface area contributed by atoms with Crippen molar-refractivity contribution in [2.45, 2.75) is 31.3 Å². The molecule has 0 atom stereocenters. The largest absolute Gasteiger partial charge is 0.293 e. The lowest BCUT2D eigenvalue weighted by molar-refractivity contribution is 0.102. The van der Waals surface area contributed by atoms with Gasteiger partial charge in [-0.3, -0.25) is 14.2 Å². The molecule has 0 N–H and O–H groups in total. The molecule has 0 radical (unpaired) electrons. The number of para-hydroxylation sites is 1. The minimum absolute atomic E-state index is 0.0268. The highest BCUT2D eigenvalue weighted by atomic mass is 35.5. The molecule has 31 heavy (non-hydrogen) atoms. The normalized spacial score (nSPS) is 13.0. The van der Waals surface area contributed by atoms with Crippen molar-refractivity contribution in [1.82, 2.24) is 9.55 Å². The lowest BCUT2D eigenvalue weighted by atomic mass is 10.1. The maximum absolute atomic E-state index is 13.7. The molecule has 1 aliphatic rings. The van der Waals surface area contributed by atoms with Crippen molar-refractivity contribution in [1.29, 1.82) is 0 Å². The minimum Gasteiger partial charge on any atom is -0.293 e. The number of carbonyl (C=O) groups excluding carboxylic acids is 1. The second kappa shape index (κ2) is 8.26. The van der Waals surface area contributed by atoms with E-state index in [4.69, 9.17) is 16.6 Å². The minimum atomic E-state index is -0.0415. The molecule has 4 aromatic rings. The van der Waals surface area contributed by atoms with Crippen molar-refractivity contribution < 1.29 is 4.79 Å². The quantitative estimate of drug-likeness (QED) is 0.209. The summed E-state index contributed by atoms with van der Waals surface area (Å²) in [6.07, 6.45) is 3.03. The Balaban J connectivity index is 1.60. The first kappa shape index (κ1) is 20.5. The molecular weight excluding hydrogens is 448 g/mol. The number of thiophene rings is 1. The summed E-state index contributed by atoms with van der Waals surface area (Å²) < 4.78 is 1.68. The van der Waals surface area contributed by atoms with Gasteiger partial charge in [-0.15, -0.1) is 11.3 Å². The first-order valence-electron chi connectivity index (χ1n) is 10.1. The number of Topliss-reactive ketones (excluding diaryl/α,β-unsaturated/α-hetero) is 1. The van der Waals surface area contributed by atoms with Gasteiger partial charge in [-0.2, -0.15) is 0 Å². The number of ketones is 1. The van der Waals surface area contributed by atoms with Crippen LogP contribution in [0.5, 0.6) is 0 Å². The molecule has 2 aromatic heterocycles. The van der Waals surface area contributed by atoms with E-state index in [1.165, 1.54) is 16.6 Å². The van der Waals surface area contributed by atoms with Gasteiger partial charge in [0.25, 0.3) is 5.56 Å². The van der Waals surface area contributed by atoms with Crippen molar-refractivity contribution in [3.63, 3.8) is 0 Å². The Morgan fingerprint density at radius 2 is 1.94 bits per heavy atom. The molecule has 156 valence electrons. The average Bonchev–Trinajstić information content (AvgIpc) is 3.34. The predicted molar refractivity (Wildman–Crippen MR) is 128 cm³/mol. The molecule has 0 saturated carbocycles. The average molecular weight is 467 g/mol. The zero-order chi connectivity index (χ0) is 21.5. The number of aryl methyl sites for hydroxylation is 3. The molecule has 0 saturated heterocycles. The summed E-state index contributed by atoms with van der Waals surface area (Å²) >= 11 is 8.85. The second-order valence-corrected chi connectivity index (χ2v) is 10.0. The molecule has 7 heteroatoms. The van der Waals surface area contributed by atoms with Crippen LogP contribution in [0.3, 0.4) is 0 Å². The molecular formula is C24H19ClN2O2S2. The van der Waals surface area contributed by atoms with Crippen LogP contribution in [0.25, 0.3) is 15.9 Å². The molecule has 2 heterocycles. The summed E-state index contributed by atoms with van der Waals surface area (Å²) in [7, 11) is 0. The molecule has 0 unspecified atom stereocenters. The van der Waals surface area contributed by atoms with Crippen molar-refractivity contribution in [3.05, 3.63) is 85.5 Å². The van der Waals surface area contributed by atoms with Gasteiger partial charge in [0.1, 0.15) is 4.83 Å². The summed E-state index contributed by atoms with van der Waals surface area (Å²) in [6.45, 7) is 1.98. The van der Waals surface area contributed by atoms with Crippen LogP contribution in [0.15, 0.2) is 58.5 Å². The van der Waals surface area contributed by atoms with Crippen LogP contribution in [-0.4, -0.2) is 21.1 Å². The van der Waals surface area contributed by atoms with E-state index in [2.05, 4.69) is 0 Å². The van der Waals surface area contributed by atoms with E-state index in [9.17, 15) is 9.59 Å². The van der Waals surface area contributed by atoms with E-state index < -0.39 is 0 Å². The van der Waals surface area contributed by atoms with Crippen LogP contribution < -0.4 is 5.56 Å². The fraction of sp³-hybridized carbons (Fsp3) is 0.208. The smallest absolute Gasteiger partial charge is 0.267 e. The molecule has 5 rings (SSSR count). The number of thioether (sulfide) groups is 1. The summed E-state index contributed by atoms with van der Waals surface area (Å²) in [5, 5.41) is 1.89. The van der Waals surface area contributed by atoms with Crippen LogP contribution in [0.4, 0.5) is 0 Å². The maximum atomic E-state index is 13.7. The molecule has 0 amide bonds. The number of hydrogen-bond acceptors (Lipinski definition) is 5. The van der Waals surface area contributed by atoms with Crippen LogP contribution in [-0.2, 0) is 12.8 Å². The lowest BCUT2D eigenvalue weighted by Gasteiger charge is -2.14. The highest BCUT2D eigenvalue weighted by Crippen LogP contribution is 2.36. The fourth-order valence-electron chi connectivity index (χ4n) is 4.00. The number of rotatable bonds is 5. The molecule has 0 fully saturated rings. The number of fused-ring (bicyclic) bond motifs is 3. The third-order valence-corrected chi connectivity index (χ3v) is 7.94. The van der Waals surface area contributed by atoms with Gasteiger partial charge < -0.3 is 0 Å². The van der Waals surface area contributed by atoms with Crippen molar-refractivity contribution >= 4 is 50.7 Å².